The van der Waals surface area contributed by atoms with E-state index in [2.05, 4.69) is 108 Å². The van der Waals surface area contributed by atoms with Crippen molar-refractivity contribution in [3.8, 4) is 39.5 Å². The maximum Gasteiger partial charge on any atom is 0.0780 e. The Hall–Kier alpha value is -4.63. The molecule has 4 heteroatoms. The first kappa shape index (κ1) is 30.8. The molecule has 2 aromatic heterocycles. The van der Waals surface area contributed by atoms with Crippen molar-refractivity contribution >= 4 is 11.0 Å². The van der Waals surface area contributed by atoms with Gasteiger partial charge in [-0.15, -0.1) is 71.8 Å². The van der Waals surface area contributed by atoms with Gasteiger partial charge in [0.2, 0.25) is 0 Å². The van der Waals surface area contributed by atoms with Crippen LogP contribution >= 0.6 is 0 Å². The van der Waals surface area contributed by atoms with Gasteiger partial charge < -0.3 is 9.55 Å². The molecule has 5 aromatic carbocycles. The third-order valence-electron chi connectivity index (χ3n) is 7.55. The average molecular weight is 748 g/mol. The van der Waals surface area contributed by atoms with Crippen molar-refractivity contribution in [2.45, 2.75) is 26.7 Å². The Labute approximate surface area is 273 Å². The summed E-state index contributed by atoms with van der Waals surface area (Å²) in [6, 6.07) is 52.1. The summed E-state index contributed by atoms with van der Waals surface area (Å²) < 4.78 is 2.34. The second-order valence-electron chi connectivity index (χ2n) is 10.2. The zero-order chi connectivity index (χ0) is 29.4. The van der Waals surface area contributed by atoms with Crippen molar-refractivity contribution < 1.29 is 20.1 Å². The summed E-state index contributed by atoms with van der Waals surface area (Å²) in [5, 5.41) is 0. The third-order valence-corrected chi connectivity index (χ3v) is 7.55. The van der Waals surface area contributed by atoms with Gasteiger partial charge in [0.25, 0.3) is 0 Å². The van der Waals surface area contributed by atoms with Crippen molar-refractivity contribution in [3.05, 3.63) is 163 Å². The predicted molar refractivity (Wildman–Crippen MR) is 178 cm³/mol. The molecule has 2 heterocycles. The summed E-state index contributed by atoms with van der Waals surface area (Å²) in [6.07, 6.45) is 3.74. The van der Waals surface area contributed by atoms with Gasteiger partial charge in [-0.25, -0.2) is 0 Å². The Morgan fingerprint density at radius 3 is 1.89 bits per heavy atom. The van der Waals surface area contributed by atoms with E-state index < -0.39 is 0 Å². The van der Waals surface area contributed by atoms with E-state index >= 15 is 0 Å². The molecule has 44 heavy (non-hydrogen) atoms. The molecular formula is C40H33IrN3-2. The molecular weight excluding hydrogens is 715 g/mol. The van der Waals surface area contributed by atoms with Gasteiger partial charge in [-0.05, 0) is 59.0 Å². The summed E-state index contributed by atoms with van der Waals surface area (Å²) in [5.41, 5.74) is 11.5. The van der Waals surface area contributed by atoms with Gasteiger partial charge >= 0.3 is 0 Å². The maximum absolute atomic E-state index is 5.13. The number of rotatable bonds is 6. The van der Waals surface area contributed by atoms with Crippen molar-refractivity contribution in [1.82, 2.24) is 14.5 Å². The van der Waals surface area contributed by atoms with E-state index in [-0.39, 0.29) is 20.1 Å². The monoisotopic (exact) mass is 748 g/mol. The van der Waals surface area contributed by atoms with Crippen LogP contribution in [0.15, 0.2) is 140 Å². The van der Waals surface area contributed by atoms with Crippen LogP contribution in [0.1, 0.15) is 25.0 Å². The van der Waals surface area contributed by atoms with Crippen molar-refractivity contribution in [1.29, 1.82) is 0 Å². The maximum atomic E-state index is 5.13. The minimum Gasteiger partial charge on any atom is -0.333 e. The van der Waals surface area contributed by atoms with Crippen LogP contribution in [-0.2, 0) is 32.9 Å². The molecule has 219 valence electrons. The normalized spacial score (nSPS) is 10.5. The number of nitrogens with zero attached hydrogens (tertiary/aromatic N) is 3. The van der Waals surface area contributed by atoms with Crippen LogP contribution in [0.2, 0.25) is 0 Å². The van der Waals surface area contributed by atoms with E-state index in [9.17, 15) is 0 Å². The van der Waals surface area contributed by atoms with Gasteiger partial charge in [0.1, 0.15) is 0 Å². The molecule has 0 unspecified atom stereocenters. The van der Waals surface area contributed by atoms with Crippen LogP contribution < -0.4 is 0 Å². The Bertz CT molecular complexity index is 1860. The van der Waals surface area contributed by atoms with Crippen LogP contribution in [0.4, 0.5) is 0 Å². The van der Waals surface area contributed by atoms with E-state index in [1.54, 1.807) is 6.20 Å². The van der Waals surface area contributed by atoms with E-state index in [1.807, 2.05) is 60.7 Å². The Balaban J connectivity index is 0.000000248. The standard InChI is InChI=1S/C29H25N2.C11H8N.Ir/c1-3-21-16-11-17-22(4-2)28(21)31-27-19-18-25(23-12-7-5-8-13-23)20-26(27)30-29(31)24-14-9-6-10-15-24;1-2-6-10(7-3-1)11-8-4-5-9-12-11;/h5-14,16-20H,3-4H2,1-2H3;1-6,8-9H;/q2*-1;. The Kier molecular flexibility index (Phi) is 10.3. The molecule has 0 aliphatic rings. The Morgan fingerprint density at radius 2 is 1.27 bits per heavy atom. The molecule has 0 spiro atoms. The molecule has 0 fully saturated rings. The van der Waals surface area contributed by atoms with Crippen LogP contribution in [0, 0.1) is 12.1 Å². The molecule has 0 aliphatic carbocycles. The molecule has 1 radical (unpaired) electrons. The van der Waals surface area contributed by atoms with Crippen molar-refractivity contribution in [2.24, 2.45) is 0 Å². The molecule has 0 N–H and O–H groups in total. The Morgan fingerprint density at radius 1 is 0.614 bits per heavy atom. The summed E-state index contributed by atoms with van der Waals surface area (Å²) in [4.78, 5) is 9.35. The zero-order valence-electron chi connectivity index (χ0n) is 24.9. The molecule has 0 aliphatic heterocycles. The van der Waals surface area contributed by atoms with Crippen molar-refractivity contribution in [3.63, 3.8) is 0 Å². The van der Waals surface area contributed by atoms with E-state index in [0.717, 1.165) is 46.5 Å². The molecule has 3 nitrogen and oxygen atoms in total. The average Bonchev–Trinajstić information content (AvgIpc) is 3.48. The number of hydrogen-bond acceptors (Lipinski definition) is 2. The fraction of sp³-hybridized carbons (Fsp3) is 0.100. The quantitative estimate of drug-likeness (QED) is 0.159. The van der Waals surface area contributed by atoms with Crippen LogP contribution in [0.3, 0.4) is 0 Å². The summed E-state index contributed by atoms with van der Waals surface area (Å²) in [5.74, 6) is 0.941. The second kappa shape index (κ2) is 14.7. The van der Waals surface area contributed by atoms with Gasteiger partial charge in [-0.2, -0.15) is 0 Å². The van der Waals surface area contributed by atoms with Gasteiger partial charge in [-0.3, -0.25) is 4.98 Å². The first-order chi connectivity index (χ1) is 21.3. The topological polar surface area (TPSA) is 30.7 Å². The molecule has 0 amide bonds. The molecule has 0 bridgehead atoms. The number of fused-ring (bicyclic) bond motifs is 1. The first-order valence-electron chi connectivity index (χ1n) is 14.8. The zero-order valence-corrected chi connectivity index (χ0v) is 27.3. The molecule has 0 atom stereocenters. The number of aryl methyl sites for hydroxylation is 2. The number of para-hydroxylation sites is 1. The SMILES string of the molecule is CCc1cccc(CC)c1-n1c(-c2[c-]cccc2)nc2cc(-c3ccccc3)ccc21.[Ir].[c-]1ccccc1-c1ccccn1. The molecule has 0 saturated heterocycles. The minimum absolute atomic E-state index is 0. The summed E-state index contributed by atoms with van der Waals surface area (Å²) in [6.45, 7) is 4.44. The van der Waals surface area contributed by atoms with Crippen LogP contribution in [-0.4, -0.2) is 14.5 Å². The number of pyridine rings is 1. The predicted octanol–water partition coefficient (Wildman–Crippen LogP) is 9.83. The van der Waals surface area contributed by atoms with Crippen LogP contribution in [0.5, 0.6) is 0 Å². The fourth-order valence-electron chi connectivity index (χ4n) is 5.41. The third kappa shape index (κ3) is 6.63. The summed E-state index contributed by atoms with van der Waals surface area (Å²) >= 11 is 0. The molecule has 7 aromatic rings. The van der Waals surface area contributed by atoms with Crippen LogP contribution in [0.25, 0.3) is 50.5 Å². The largest absolute Gasteiger partial charge is 0.333 e. The van der Waals surface area contributed by atoms with Gasteiger partial charge in [-0.1, -0.05) is 80.6 Å². The number of aromatic nitrogens is 3. The fourth-order valence-corrected chi connectivity index (χ4v) is 5.41. The van der Waals surface area contributed by atoms with Crippen molar-refractivity contribution in [2.75, 3.05) is 0 Å². The number of hydrogen-bond donors (Lipinski definition) is 0. The number of imidazole rings is 1. The molecule has 0 saturated carbocycles. The van der Waals surface area contributed by atoms with Gasteiger partial charge in [0.15, 0.2) is 0 Å². The smallest absolute Gasteiger partial charge is 0.0780 e. The van der Waals surface area contributed by atoms with E-state index in [4.69, 9.17) is 4.98 Å². The second-order valence-corrected chi connectivity index (χ2v) is 10.2. The minimum atomic E-state index is 0. The van der Waals surface area contributed by atoms with E-state index in [0.29, 0.717) is 0 Å². The molecule has 7 rings (SSSR count). The first-order valence-corrected chi connectivity index (χ1v) is 14.8. The number of benzene rings is 5. The van der Waals surface area contributed by atoms with Gasteiger partial charge in [0, 0.05) is 32.0 Å². The van der Waals surface area contributed by atoms with E-state index in [1.165, 1.54) is 27.9 Å². The summed E-state index contributed by atoms with van der Waals surface area (Å²) in [7, 11) is 0. The van der Waals surface area contributed by atoms with Gasteiger partial charge in [0.05, 0.1) is 16.9 Å².